The van der Waals surface area contributed by atoms with E-state index in [2.05, 4.69) is 5.32 Å². The second-order valence-electron chi connectivity index (χ2n) is 5.83. The Morgan fingerprint density at radius 1 is 1.26 bits per heavy atom. The van der Waals surface area contributed by atoms with Crippen LogP contribution in [-0.2, 0) is 4.79 Å². The van der Waals surface area contributed by atoms with Crippen LogP contribution < -0.4 is 10.1 Å². The Bertz CT molecular complexity index is 757. The van der Waals surface area contributed by atoms with Gasteiger partial charge in [-0.15, -0.1) is 0 Å². The summed E-state index contributed by atoms with van der Waals surface area (Å²) in [4.78, 5) is 26.4. The van der Waals surface area contributed by atoms with E-state index >= 15 is 0 Å². The lowest BCUT2D eigenvalue weighted by Gasteiger charge is -2.29. The van der Waals surface area contributed by atoms with Crippen molar-refractivity contribution in [1.82, 2.24) is 10.2 Å². The monoisotopic (exact) mass is 312 g/mol. The Hall–Kier alpha value is -2.56. The van der Waals surface area contributed by atoms with Gasteiger partial charge in [0.1, 0.15) is 11.8 Å². The number of piperidine rings is 1. The number of amides is 2. The van der Waals surface area contributed by atoms with E-state index in [0.29, 0.717) is 17.7 Å². The molecule has 1 saturated heterocycles. The molecule has 2 aromatic carbocycles. The lowest BCUT2D eigenvalue weighted by atomic mass is 10.0. The van der Waals surface area contributed by atoms with Gasteiger partial charge in [0, 0.05) is 13.6 Å². The fourth-order valence-corrected chi connectivity index (χ4v) is 2.97. The average Bonchev–Trinajstić information content (AvgIpc) is 2.57. The molecule has 2 aromatic rings. The van der Waals surface area contributed by atoms with Crippen LogP contribution in [0.4, 0.5) is 0 Å². The van der Waals surface area contributed by atoms with E-state index in [1.165, 1.54) is 0 Å². The quantitative estimate of drug-likeness (QED) is 0.945. The molecule has 1 aliphatic rings. The van der Waals surface area contributed by atoms with Crippen LogP contribution in [0.15, 0.2) is 36.4 Å². The summed E-state index contributed by atoms with van der Waals surface area (Å²) in [6.45, 7) is 0.741. The van der Waals surface area contributed by atoms with Crippen molar-refractivity contribution in [3.05, 3.63) is 42.0 Å². The SMILES string of the molecule is COc1cc2ccccc2cc1C(=O)NC1CCCN(C)C1=O. The predicted octanol–water partition coefficient (Wildman–Crippen LogP) is 2.20. The smallest absolute Gasteiger partial charge is 0.255 e. The maximum absolute atomic E-state index is 12.6. The zero-order valence-electron chi connectivity index (χ0n) is 13.3. The third-order valence-corrected chi connectivity index (χ3v) is 4.28. The van der Waals surface area contributed by atoms with Crippen LogP contribution in [0.1, 0.15) is 23.2 Å². The van der Waals surface area contributed by atoms with Crippen molar-refractivity contribution < 1.29 is 14.3 Å². The van der Waals surface area contributed by atoms with Gasteiger partial charge in [0.25, 0.3) is 5.91 Å². The summed E-state index contributed by atoms with van der Waals surface area (Å²) in [6.07, 6.45) is 1.56. The Morgan fingerprint density at radius 3 is 2.65 bits per heavy atom. The number of likely N-dealkylation sites (tertiary alicyclic amines) is 1. The summed E-state index contributed by atoms with van der Waals surface area (Å²) >= 11 is 0. The molecule has 0 aromatic heterocycles. The van der Waals surface area contributed by atoms with Crippen LogP contribution in [0.25, 0.3) is 10.8 Å². The first-order valence-electron chi connectivity index (χ1n) is 7.73. The molecule has 0 bridgehead atoms. The number of fused-ring (bicyclic) bond motifs is 1. The summed E-state index contributed by atoms with van der Waals surface area (Å²) in [6, 6.07) is 11.0. The number of ether oxygens (including phenoxy) is 1. The molecule has 0 aliphatic carbocycles. The molecular formula is C18H20N2O3. The zero-order chi connectivity index (χ0) is 16.4. The summed E-state index contributed by atoms with van der Waals surface area (Å²) in [7, 11) is 3.30. The van der Waals surface area contributed by atoms with E-state index in [0.717, 1.165) is 23.7 Å². The molecule has 1 atom stereocenters. The fraction of sp³-hybridized carbons (Fsp3) is 0.333. The van der Waals surface area contributed by atoms with Crippen LogP contribution in [0.2, 0.25) is 0 Å². The van der Waals surface area contributed by atoms with E-state index in [9.17, 15) is 9.59 Å². The maximum atomic E-state index is 12.6. The molecule has 0 radical (unpaired) electrons. The second-order valence-corrected chi connectivity index (χ2v) is 5.83. The minimum absolute atomic E-state index is 0.0376. The fourth-order valence-electron chi connectivity index (χ4n) is 2.97. The molecule has 2 amide bonds. The molecule has 3 rings (SSSR count). The summed E-state index contributed by atoms with van der Waals surface area (Å²) in [5.41, 5.74) is 0.451. The van der Waals surface area contributed by atoms with Crippen molar-refractivity contribution in [3.8, 4) is 5.75 Å². The highest BCUT2D eigenvalue weighted by atomic mass is 16.5. The first-order valence-corrected chi connectivity index (χ1v) is 7.73. The highest BCUT2D eigenvalue weighted by molar-refractivity contribution is 6.03. The predicted molar refractivity (Wildman–Crippen MR) is 88.6 cm³/mol. The Morgan fingerprint density at radius 2 is 1.96 bits per heavy atom. The van der Waals surface area contributed by atoms with Gasteiger partial charge in [0.05, 0.1) is 12.7 Å². The third kappa shape index (κ3) is 2.99. The molecule has 1 unspecified atom stereocenters. The molecule has 1 N–H and O–H groups in total. The zero-order valence-corrected chi connectivity index (χ0v) is 13.3. The van der Waals surface area contributed by atoms with Gasteiger partial charge < -0.3 is 15.0 Å². The van der Waals surface area contributed by atoms with E-state index in [1.54, 1.807) is 25.1 Å². The first-order chi connectivity index (χ1) is 11.1. The van der Waals surface area contributed by atoms with Crippen LogP contribution in [0, 0.1) is 0 Å². The molecule has 0 spiro atoms. The van der Waals surface area contributed by atoms with Crippen LogP contribution in [0.5, 0.6) is 5.75 Å². The molecule has 1 aliphatic heterocycles. The maximum Gasteiger partial charge on any atom is 0.255 e. The van der Waals surface area contributed by atoms with Crippen molar-refractivity contribution in [2.45, 2.75) is 18.9 Å². The van der Waals surface area contributed by atoms with Gasteiger partial charge in [-0.1, -0.05) is 24.3 Å². The molecule has 23 heavy (non-hydrogen) atoms. The standard InChI is InChI=1S/C18H20N2O3/c1-20-9-5-8-15(18(20)22)19-17(21)14-10-12-6-3-4-7-13(12)11-16(14)23-2/h3-4,6-7,10-11,15H,5,8-9H2,1-2H3,(H,19,21). The van der Waals surface area contributed by atoms with Crippen molar-refractivity contribution in [1.29, 1.82) is 0 Å². The number of rotatable bonds is 3. The van der Waals surface area contributed by atoms with Gasteiger partial charge in [-0.25, -0.2) is 0 Å². The highest BCUT2D eigenvalue weighted by Gasteiger charge is 2.28. The van der Waals surface area contributed by atoms with Gasteiger partial charge in [-0.2, -0.15) is 0 Å². The van der Waals surface area contributed by atoms with Crippen molar-refractivity contribution in [3.63, 3.8) is 0 Å². The number of carbonyl (C=O) groups excluding carboxylic acids is 2. The second kappa shape index (κ2) is 6.28. The Kier molecular flexibility index (Phi) is 4.19. The van der Waals surface area contributed by atoms with Gasteiger partial charge >= 0.3 is 0 Å². The van der Waals surface area contributed by atoms with Crippen LogP contribution in [-0.4, -0.2) is 43.5 Å². The van der Waals surface area contributed by atoms with E-state index in [1.807, 2.05) is 30.3 Å². The molecule has 0 saturated carbocycles. The number of benzene rings is 2. The molecule has 5 heteroatoms. The highest BCUT2D eigenvalue weighted by Crippen LogP contribution is 2.26. The summed E-state index contributed by atoms with van der Waals surface area (Å²) in [5, 5.41) is 4.82. The minimum Gasteiger partial charge on any atom is -0.496 e. The van der Waals surface area contributed by atoms with Crippen LogP contribution >= 0.6 is 0 Å². The average molecular weight is 312 g/mol. The Balaban J connectivity index is 1.89. The van der Waals surface area contributed by atoms with Crippen molar-refractivity contribution in [2.24, 2.45) is 0 Å². The normalized spacial score (nSPS) is 18.1. The third-order valence-electron chi connectivity index (χ3n) is 4.28. The number of nitrogens with zero attached hydrogens (tertiary/aromatic N) is 1. The van der Waals surface area contributed by atoms with E-state index < -0.39 is 6.04 Å². The molecule has 120 valence electrons. The molecule has 1 fully saturated rings. The summed E-state index contributed by atoms with van der Waals surface area (Å²) < 4.78 is 5.36. The van der Waals surface area contributed by atoms with Gasteiger partial charge in [0.15, 0.2) is 0 Å². The number of carbonyl (C=O) groups is 2. The van der Waals surface area contributed by atoms with E-state index in [-0.39, 0.29) is 11.8 Å². The lowest BCUT2D eigenvalue weighted by molar-refractivity contribution is -0.134. The first kappa shape index (κ1) is 15.3. The van der Waals surface area contributed by atoms with Crippen molar-refractivity contribution in [2.75, 3.05) is 20.7 Å². The molecule has 5 nitrogen and oxygen atoms in total. The summed E-state index contributed by atoms with van der Waals surface area (Å²) in [5.74, 6) is 0.198. The number of likely N-dealkylation sites (N-methyl/N-ethyl adjacent to an activating group) is 1. The topological polar surface area (TPSA) is 58.6 Å². The number of methoxy groups -OCH3 is 1. The van der Waals surface area contributed by atoms with Crippen molar-refractivity contribution >= 4 is 22.6 Å². The number of hydrogen-bond donors (Lipinski definition) is 1. The number of nitrogens with one attached hydrogen (secondary N) is 1. The lowest BCUT2D eigenvalue weighted by Crippen LogP contribution is -2.50. The van der Waals surface area contributed by atoms with Gasteiger partial charge in [-0.3, -0.25) is 9.59 Å². The minimum atomic E-state index is -0.461. The van der Waals surface area contributed by atoms with Gasteiger partial charge in [-0.05, 0) is 35.7 Å². The van der Waals surface area contributed by atoms with Crippen LogP contribution in [0.3, 0.4) is 0 Å². The largest absolute Gasteiger partial charge is 0.496 e. The molecule has 1 heterocycles. The molecular weight excluding hydrogens is 292 g/mol. The van der Waals surface area contributed by atoms with E-state index in [4.69, 9.17) is 4.74 Å². The number of hydrogen-bond acceptors (Lipinski definition) is 3. The van der Waals surface area contributed by atoms with Gasteiger partial charge in [0.2, 0.25) is 5.91 Å². The Labute approximate surface area is 135 Å².